The molecule has 10 nitrogen and oxygen atoms in total. The minimum atomic E-state index is -0.0526. The van der Waals surface area contributed by atoms with E-state index >= 15 is 0 Å². The van der Waals surface area contributed by atoms with Crippen LogP contribution >= 0.6 is 0 Å². The standard InChI is InChI=1S/C28H29N5O3.C5H11N.C2H3N/c1-4-25(34)31-13-15-32(16-14-31)27-20-11-12-33(18-22(20)21(17-29)28(30-27)36-3)23-9-5-7-19-8-6-10-24(35-2)26(19)23;1-6-4-2-3-5-6;1-2-3/h4-10H,1,11-16,18H2,2-3H3;2-5H2,1H3;1H3. The van der Waals surface area contributed by atoms with E-state index in [4.69, 9.17) is 19.7 Å². The van der Waals surface area contributed by atoms with Crippen molar-refractivity contribution in [1.82, 2.24) is 14.8 Å². The van der Waals surface area contributed by atoms with Gasteiger partial charge in [-0.1, -0.05) is 30.8 Å². The van der Waals surface area contributed by atoms with Gasteiger partial charge in [-0.05, 0) is 63.0 Å². The minimum absolute atomic E-state index is 0.0526. The van der Waals surface area contributed by atoms with Crippen LogP contribution in [0.25, 0.3) is 10.8 Å². The van der Waals surface area contributed by atoms with Crippen LogP contribution in [0.15, 0.2) is 49.1 Å². The molecule has 3 aliphatic heterocycles. The zero-order valence-electron chi connectivity index (χ0n) is 26.9. The molecule has 2 fully saturated rings. The molecule has 0 N–H and O–H groups in total. The van der Waals surface area contributed by atoms with Gasteiger partial charge in [-0.25, -0.2) is 0 Å². The second-order valence-corrected chi connectivity index (χ2v) is 11.1. The van der Waals surface area contributed by atoms with Crippen molar-refractivity contribution in [3.05, 3.63) is 65.7 Å². The molecule has 2 saturated heterocycles. The van der Waals surface area contributed by atoms with E-state index < -0.39 is 0 Å². The van der Waals surface area contributed by atoms with E-state index in [1.54, 1.807) is 25.2 Å². The Kier molecular flexibility index (Phi) is 11.6. The molecule has 0 aliphatic carbocycles. The van der Waals surface area contributed by atoms with Gasteiger partial charge >= 0.3 is 0 Å². The number of nitrogens with zero attached hydrogens (tertiary/aromatic N) is 7. The Morgan fingerprint density at radius 2 is 1.60 bits per heavy atom. The molecule has 0 unspecified atom stereocenters. The molecule has 1 aromatic heterocycles. The van der Waals surface area contributed by atoms with Gasteiger partial charge in [0.05, 0.1) is 20.3 Å². The van der Waals surface area contributed by atoms with Crippen molar-refractivity contribution in [2.75, 3.05) is 76.9 Å². The van der Waals surface area contributed by atoms with E-state index in [1.165, 1.54) is 38.9 Å². The van der Waals surface area contributed by atoms with E-state index in [0.717, 1.165) is 52.1 Å². The molecule has 0 saturated carbocycles. The molecule has 0 radical (unpaired) electrons. The molecule has 3 aliphatic rings. The van der Waals surface area contributed by atoms with E-state index in [2.05, 4.69) is 58.7 Å². The number of hydrogen-bond acceptors (Lipinski definition) is 9. The summed E-state index contributed by atoms with van der Waals surface area (Å²) in [5.41, 5.74) is 3.59. The summed E-state index contributed by atoms with van der Waals surface area (Å²) in [4.78, 5) is 25.5. The number of likely N-dealkylation sites (tertiary alicyclic amines) is 1. The number of hydrogen-bond donors (Lipinski definition) is 0. The number of fused-ring (bicyclic) bond motifs is 2. The Labute approximate surface area is 266 Å². The van der Waals surface area contributed by atoms with E-state index in [1.807, 2.05) is 12.1 Å². The van der Waals surface area contributed by atoms with Crippen molar-refractivity contribution in [3.63, 3.8) is 0 Å². The van der Waals surface area contributed by atoms with Crippen LogP contribution in [0.2, 0.25) is 0 Å². The first-order valence-electron chi connectivity index (χ1n) is 15.4. The first kappa shape index (κ1) is 33.1. The number of pyridine rings is 1. The van der Waals surface area contributed by atoms with Gasteiger partial charge in [-0.2, -0.15) is 15.5 Å². The predicted octanol–water partition coefficient (Wildman–Crippen LogP) is 4.76. The molecule has 2 aromatic carbocycles. The fraction of sp³-hybridized carbons (Fsp3) is 0.429. The zero-order chi connectivity index (χ0) is 32.3. The quantitative estimate of drug-likeness (QED) is 0.378. The smallest absolute Gasteiger partial charge is 0.246 e. The number of carbonyl (C=O) groups is 1. The van der Waals surface area contributed by atoms with E-state index in [-0.39, 0.29) is 5.91 Å². The number of methoxy groups -OCH3 is 2. The van der Waals surface area contributed by atoms with Crippen molar-refractivity contribution < 1.29 is 14.3 Å². The molecule has 3 aromatic rings. The van der Waals surface area contributed by atoms with Crippen LogP contribution in [0, 0.1) is 22.7 Å². The highest BCUT2D eigenvalue weighted by molar-refractivity contribution is 5.99. The molecule has 0 bridgehead atoms. The molecular formula is C35H43N7O3. The highest BCUT2D eigenvalue weighted by Crippen LogP contribution is 2.40. The lowest BCUT2D eigenvalue weighted by Gasteiger charge is -2.38. The number of rotatable bonds is 5. The van der Waals surface area contributed by atoms with Crippen molar-refractivity contribution >= 4 is 28.2 Å². The van der Waals surface area contributed by atoms with Crippen LogP contribution in [0.1, 0.15) is 36.5 Å². The number of piperazine rings is 1. The average molecular weight is 610 g/mol. The van der Waals surface area contributed by atoms with Gasteiger partial charge in [0.25, 0.3) is 0 Å². The van der Waals surface area contributed by atoms with Crippen LogP contribution < -0.4 is 19.3 Å². The Morgan fingerprint density at radius 3 is 2.16 bits per heavy atom. The molecular weight excluding hydrogens is 566 g/mol. The van der Waals surface area contributed by atoms with Gasteiger partial charge in [-0.15, -0.1) is 0 Å². The number of benzene rings is 2. The Bertz CT molecular complexity index is 1570. The van der Waals surface area contributed by atoms with Crippen molar-refractivity contribution in [3.8, 4) is 23.8 Å². The molecule has 1 amide bonds. The molecule has 6 rings (SSSR count). The van der Waals surface area contributed by atoms with Gasteiger partial charge in [-0.3, -0.25) is 4.79 Å². The van der Waals surface area contributed by atoms with Crippen molar-refractivity contribution in [2.45, 2.75) is 32.7 Å². The van der Waals surface area contributed by atoms with Crippen LogP contribution in [0.4, 0.5) is 11.5 Å². The lowest BCUT2D eigenvalue weighted by molar-refractivity contribution is -0.126. The predicted molar refractivity (Wildman–Crippen MR) is 178 cm³/mol. The number of aromatic nitrogens is 1. The molecule has 0 atom stereocenters. The molecule has 4 heterocycles. The molecule has 45 heavy (non-hydrogen) atoms. The van der Waals surface area contributed by atoms with E-state index in [0.29, 0.717) is 44.2 Å². The van der Waals surface area contributed by atoms with Gasteiger partial charge in [0, 0.05) is 68.4 Å². The van der Waals surface area contributed by atoms with E-state index in [9.17, 15) is 10.1 Å². The summed E-state index contributed by atoms with van der Waals surface area (Å²) in [5, 5.41) is 19.6. The maximum absolute atomic E-state index is 12.0. The lowest BCUT2D eigenvalue weighted by atomic mass is 9.94. The third-order valence-electron chi connectivity index (χ3n) is 8.44. The average Bonchev–Trinajstić information content (AvgIpc) is 3.57. The summed E-state index contributed by atoms with van der Waals surface area (Å²) in [6.45, 7) is 11.6. The summed E-state index contributed by atoms with van der Waals surface area (Å²) in [5.74, 6) is 1.97. The molecule has 0 spiro atoms. The number of ether oxygens (including phenoxy) is 2. The maximum Gasteiger partial charge on any atom is 0.246 e. The second-order valence-electron chi connectivity index (χ2n) is 11.1. The van der Waals surface area contributed by atoms with Crippen LogP contribution in [0.3, 0.4) is 0 Å². The SMILES string of the molecule is C=CC(=O)N1CCN(c2nc(OC)c(C#N)c3c2CCN(c2cccc4cccc(OC)c24)C3)CC1.CC#N.CN1CCCC1. The summed E-state index contributed by atoms with van der Waals surface area (Å²) >= 11 is 0. The Morgan fingerprint density at radius 1 is 0.933 bits per heavy atom. The molecule has 236 valence electrons. The summed E-state index contributed by atoms with van der Waals surface area (Å²) in [6, 6.07) is 16.4. The Hall–Kier alpha value is -4.80. The first-order chi connectivity index (χ1) is 21.9. The zero-order valence-corrected chi connectivity index (χ0v) is 26.9. The number of anilines is 2. The topological polar surface area (TPSA) is 109 Å². The highest BCUT2D eigenvalue weighted by atomic mass is 16.5. The first-order valence-corrected chi connectivity index (χ1v) is 15.4. The maximum atomic E-state index is 12.0. The summed E-state index contributed by atoms with van der Waals surface area (Å²) < 4.78 is 11.3. The lowest BCUT2D eigenvalue weighted by Crippen LogP contribution is -2.49. The number of amides is 1. The second kappa shape index (κ2) is 15.8. The fourth-order valence-electron chi connectivity index (χ4n) is 6.18. The van der Waals surface area contributed by atoms with Crippen molar-refractivity contribution in [2.24, 2.45) is 0 Å². The fourth-order valence-corrected chi connectivity index (χ4v) is 6.18. The summed E-state index contributed by atoms with van der Waals surface area (Å²) in [6.07, 6.45) is 4.93. The third kappa shape index (κ3) is 7.47. The van der Waals surface area contributed by atoms with Crippen molar-refractivity contribution in [1.29, 1.82) is 10.5 Å². The van der Waals surface area contributed by atoms with Crippen LogP contribution in [-0.4, -0.2) is 87.8 Å². The van der Waals surface area contributed by atoms with Crippen LogP contribution in [0.5, 0.6) is 11.6 Å². The largest absolute Gasteiger partial charge is 0.496 e. The van der Waals surface area contributed by atoms with Crippen LogP contribution in [-0.2, 0) is 17.8 Å². The normalized spacial score (nSPS) is 15.8. The number of nitriles is 2. The monoisotopic (exact) mass is 609 g/mol. The number of carbonyl (C=O) groups excluding carboxylic acids is 1. The highest BCUT2D eigenvalue weighted by Gasteiger charge is 2.31. The van der Waals surface area contributed by atoms with Gasteiger partial charge in [0.2, 0.25) is 11.8 Å². The minimum Gasteiger partial charge on any atom is -0.496 e. The third-order valence-corrected chi connectivity index (χ3v) is 8.44. The van der Waals surface area contributed by atoms with Gasteiger partial charge < -0.3 is 29.1 Å². The molecule has 10 heteroatoms. The van der Waals surface area contributed by atoms with Gasteiger partial charge in [0.15, 0.2) is 0 Å². The Balaban J connectivity index is 0.000000446. The summed E-state index contributed by atoms with van der Waals surface area (Å²) in [7, 11) is 5.42. The van der Waals surface area contributed by atoms with Gasteiger partial charge in [0.1, 0.15) is 23.2 Å².